The van der Waals surface area contributed by atoms with E-state index in [0.29, 0.717) is 17.4 Å². The van der Waals surface area contributed by atoms with E-state index in [4.69, 9.17) is 13.8 Å². The number of unbranched alkanes of at least 4 members (excludes halogenated alkanes) is 50. The van der Waals surface area contributed by atoms with Crippen LogP contribution >= 0.6 is 7.82 Å². The lowest BCUT2D eigenvalue weighted by Crippen LogP contribution is -2.47. The Hall–Kier alpha value is -2.03. The van der Waals surface area contributed by atoms with Crippen LogP contribution in [0.25, 0.3) is 0 Å². The topological polar surface area (TPSA) is 114 Å². The summed E-state index contributed by atoms with van der Waals surface area (Å²) in [5.74, 6) is -0.524. The Labute approximate surface area is 554 Å². The predicted octanol–water partition coefficient (Wildman–Crippen LogP) is 24.5. The lowest BCUT2D eigenvalue weighted by molar-refractivity contribution is -0.870. The summed E-state index contributed by atoms with van der Waals surface area (Å²) in [6.07, 6.45) is 88.2. The van der Waals surface area contributed by atoms with Crippen LogP contribution in [-0.2, 0) is 27.9 Å². The third-order valence-corrected chi connectivity index (χ3v) is 18.7. The van der Waals surface area contributed by atoms with Crippen LogP contribution in [0.1, 0.15) is 393 Å². The number of quaternary nitrogens is 1. The molecule has 3 unspecified atom stereocenters. The maximum absolute atomic E-state index is 13.6. The van der Waals surface area contributed by atoms with Gasteiger partial charge in [0.2, 0.25) is 5.91 Å². The Morgan fingerprint density at radius 1 is 0.393 bits per heavy atom. The molecular formula is C79H151N2O7P. The fourth-order valence-corrected chi connectivity index (χ4v) is 12.5. The highest BCUT2D eigenvalue weighted by molar-refractivity contribution is 7.45. The number of allylic oxidation sites excluding steroid dienone is 7. The summed E-state index contributed by atoms with van der Waals surface area (Å²) in [7, 11) is 1.20. The van der Waals surface area contributed by atoms with Gasteiger partial charge in [-0.3, -0.25) is 14.2 Å². The molecule has 1 N–H and O–H groups in total. The Kier molecular flexibility index (Phi) is 67.2. The molecule has 0 heterocycles. The molecule has 10 heteroatoms. The van der Waals surface area contributed by atoms with Crippen LogP contribution in [0.4, 0.5) is 0 Å². The van der Waals surface area contributed by atoms with Gasteiger partial charge in [-0.25, -0.2) is 0 Å². The molecule has 9 nitrogen and oxygen atoms in total. The minimum absolute atomic E-state index is 0.0208. The molecule has 0 aromatic heterocycles. The summed E-state index contributed by atoms with van der Waals surface area (Å²) in [5.41, 5.74) is 0. The first-order valence-electron chi connectivity index (χ1n) is 38.9. The van der Waals surface area contributed by atoms with Gasteiger partial charge in [0.15, 0.2) is 0 Å². The van der Waals surface area contributed by atoms with Gasteiger partial charge in [-0.05, 0) is 70.3 Å². The summed E-state index contributed by atoms with van der Waals surface area (Å²) < 4.78 is 30.5. The van der Waals surface area contributed by atoms with E-state index >= 15 is 0 Å². The average molecular weight is 1270 g/mol. The van der Waals surface area contributed by atoms with Crippen molar-refractivity contribution in [3.63, 3.8) is 0 Å². The van der Waals surface area contributed by atoms with Gasteiger partial charge in [0.05, 0.1) is 33.8 Å². The molecule has 0 spiro atoms. The molecule has 0 radical (unpaired) electrons. The SMILES string of the molecule is CCCCC/C=C\C/C=C\C/C=C\CCCCCCCCCCCCC(=O)OC(/C=C/CCCCCCCCCCCCC)C(COP(=O)([O-])OCC[N+](C)(C)C)NC(=O)CCCCCCCCCCCCCCCCCCCCCCCCCCCCC. The maximum Gasteiger partial charge on any atom is 0.306 e. The number of hydrogen-bond acceptors (Lipinski definition) is 7. The van der Waals surface area contributed by atoms with Crippen LogP contribution in [0, 0.1) is 0 Å². The number of phosphoric ester groups is 1. The molecule has 3 atom stereocenters. The van der Waals surface area contributed by atoms with E-state index in [0.717, 1.165) is 70.6 Å². The fourth-order valence-electron chi connectivity index (χ4n) is 11.8. The summed E-state index contributed by atoms with van der Waals surface area (Å²) >= 11 is 0. The number of rotatable bonds is 72. The number of nitrogens with zero attached hydrogens (tertiary/aromatic N) is 1. The van der Waals surface area contributed by atoms with Gasteiger partial charge in [-0.1, -0.05) is 359 Å². The zero-order valence-corrected chi connectivity index (χ0v) is 61.1. The molecule has 0 aliphatic heterocycles. The van der Waals surface area contributed by atoms with Gasteiger partial charge in [0, 0.05) is 12.8 Å². The third kappa shape index (κ3) is 70.1. The number of esters is 1. The average Bonchev–Trinajstić information content (AvgIpc) is 3.57. The van der Waals surface area contributed by atoms with Crippen molar-refractivity contribution in [2.24, 2.45) is 0 Å². The Bertz CT molecular complexity index is 1660. The monoisotopic (exact) mass is 1270 g/mol. The van der Waals surface area contributed by atoms with Gasteiger partial charge in [0.1, 0.15) is 19.3 Å². The first-order chi connectivity index (χ1) is 43.4. The van der Waals surface area contributed by atoms with E-state index in [9.17, 15) is 19.0 Å². The number of phosphoric acid groups is 1. The molecule has 0 aliphatic carbocycles. The number of carbonyl (C=O) groups excluding carboxylic acids is 2. The van der Waals surface area contributed by atoms with Crippen LogP contribution in [-0.4, -0.2) is 69.4 Å². The molecule has 0 rings (SSSR count). The van der Waals surface area contributed by atoms with Crippen molar-refractivity contribution < 1.29 is 37.3 Å². The van der Waals surface area contributed by atoms with Crippen LogP contribution in [0.5, 0.6) is 0 Å². The number of carbonyl (C=O) groups is 2. The van der Waals surface area contributed by atoms with Crippen molar-refractivity contribution >= 4 is 19.7 Å². The number of ether oxygens (including phenoxy) is 1. The number of nitrogens with one attached hydrogen (secondary N) is 1. The van der Waals surface area contributed by atoms with Crippen molar-refractivity contribution in [3.8, 4) is 0 Å². The molecular weight excluding hydrogens is 1120 g/mol. The highest BCUT2D eigenvalue weighted by atomic mass is 31.2. The van der Waals surface area contributed by atoms with Gasteiger partial charge in [-0.2, -0.15) is 0 Å². The van der Waals surface area contributed by atoms with Crippen LogP contribution in [0.15, 0.2) is 48.6 Å². The van der Waals surface area contributed by atoms with Crippen LogP contribution in [0.3, 0.4) is 0 Å². The molecule has 0 saturated heterocycles. The zero-order chi connectivity index (χ0) is 64.9. The molecule has 89 heavy (non-hydrogen) atoms. The summed E-state index contributed by atoms with van der Waals surface area (Å²) in [6.45, 7) is 6.89. The normalized spacial score (nSPS) is 13.7. The molecule has 0 aromatic rings. The van der Waals surface area contributed by atoms with E-state index in [2.05, 4.69) is 62.5 Å². The van der Waals surface area contributed by atoms with Crippen molar-refractivity contribution in [1.82, 2.24) is 5.32 Å². The van der Waals surface area contributed by atoms with E-state index in [1.807, 2.05) is 33.3 Å². The third-order valence-electron chi connectivity index (χ3n) is 17.8. The summed E-state index contributed by atoms with van der Waals surface area (Å²) in [4.78, 5) is 40.3. The van der Waals surface area contributed by atoms with Gasteiger partial charge in [-0.15, -0.1) is 0 Å². The van der Waals surface area contributed by atoms with Gasteiger partial charge >= 0.3 is 5.97 Å². The number of likely N-dealkylation sites (N-methyl/N-ethyl adjacent to an activating group) is 1. The molecule has 0 aliphatic rings. The molecule has 0 bridgehead atoms. The standard InChI is InChI=1S/C79H151N2O7P/c1-7-10-13-16-19-22-25-28-30-32-34-36-38-39-40-41-43-44-46-48-50-53-56-59-62-65-68-71-78(82)80-76(75-87-89(84,85)86-74-73-81(4,5)6)77(70-67-64-61-58-55-52-27-24-21-18-15-12-9-3)88-79(83)72-69-66-63-60-57-54-51-49-47-45-42-37-35-33-31-29-26-23-20-17-14-11-8-2/h20,23,29,31,35,37,67,70,76-77H,7-19,21-22,24-28,30,32-34,36,38-66,68-69,71-75H2,1-6H3,(H-,80,82,84,85)/b23-20-,31-29-,37-35-,70-67+. The van der Waals surface area contributed by atoms with E-state index in [1.54, 1.807) is 0 Å². The van der Waals surface area contributed by atoms with Gasteiger partial charge in [0.25, 0.3) is 7.82 Å². The first-order valence-corrected chi connectivity index (χ1v) is 40.4. The quantitative estimate of drug-likeness (QED) is 0.0212. The van der Waals surface area contributed by atoms with Crippen molar-refractivity contribution in [2.45, 2.75) is 405 Å². The Balaban J connectivity index is 4.97. The van der Waals surface area contributed by atoms with E-state index < -0.39 is 20.0 Å². The van der Waals surface area contributed by atoms with Crippen LogP contribution in [0.2, 0.25) is 0 Å². The van der Waals surface area contributed by atoms with Gasteiger partial charge < -0.3 is 28.5 Å². The maximum atomic E-state index is 13.6. The smallest absolute Gasteiger partial charge is 0.306 e. The van der Waals surface area contributed by atoms with E-state index in [-0.39, 0.29) is 31.5 Å². The molecule has 524 valence electrons. The molecule has 0 saturated carbocycles. The second-order valence-electron chi connectivity index (χ2n) is 27.9. The molecule has 0 fully saturated rings. The minimum atomic E-state index is -4.71. The lowest BCUT2D eigenvalue weighted by Gasteiger charge is -2.30. The van der Waals surface area contributed by atoms with Crippen molar-refractivity contribution in [1.29, 1.82) is 0 Å². The fraction of sp³-hybridized carbons (Fsp3) is 0.873. The summed E-state index contributed by atoms with van der Waals surface area (Å²) in [6, 6.07) is -0.889. The van der Waals surface area contributed by atoms with Crippen molar-refractivity contribution in [2.75, 3.05) is 40.9 Å². The highest BCUT2D eigenvalue weighted by Gasteiger charge is 2.27. The Morgan fingerprint density at radius 3 is 1.04 bits per heavy atom. The molecule has 1 amide bonds. The highest BCUT2D eigenvalue weighted by Crippen LogP contribution is 2.38. The summed E-state index contributed by atoms with van der Waals surface area (Å²) in [5, 5.41) is 3.06. The second-order valence-corrected chi connectivity index (χ2v) is 29.3. The second kappa shape index (κ2) is 68.8. The zero-order valence-electron chi connectivity index (χ0n) is 60.2. The van der Waals surface area contributed by atoms with E-state index in [1.165, 1.54) is 289 Å². The Morgan fingerprint density at radius 2 is 0.685 bits per heavy atom. The lowest BCUT2D eigenvalue weighted by atomic mass is 10.0. The largest absolute Gasteiger partial charge is 0.756 e. The van der Waals surface area contributed by atoms with Crippen LogP contribution < -0.4 is 10.2 Å². The number of hydrogen-bond donors (Lipinski definition) is 1. The molecule has 0 aromatic carbocycles. The number of amides is 1. The van der Waals surface area contributed by atoms with Crippen molar-refractivity contribution in [3.05, 3.63) is 48.6 Å². The predicted molar refractivity (Wildman–Crippen MR) is 386 cm³/mol. The first kappa shape index (κ1) is 87.0. The minimum Gasteiger partial charge on any atom is -0.756 e.